The van der Waals surface area contributed by atoms with E-state index in [2.05, 4.69) is 25.9 Å². The monoisotopic (exact) mass is 211 g/mol. The molecule has 0 saturated heterocycles. The maximum atomic E-state index is 11.7. The van der Waals surface area contributed by atoms with E-state index in [9.17, 15) is 4.79 Å². The number of aromatic nitrogens is 4. The van der Waals surface area contributed by atoms with Crippen LogP contribution in [-0.2, 0) is 4.79 Å². The van der Waals surface area contributed by atoms with Crippen molar-refractivity contribution < 1.29 is 4.79 Å². The molecule has 0 aliphatic carbocycles. The van der Waals surface area contributed by atoms with Gasteiger partial charge in [0.25, 0.3) is 0 Å². The van der Waals surface area contributed by atoms with Crippen molar-refractivity contribution in [2.24, 2.45) is 11.8 Å². The Morgan fingerprint density at radius 2 is 2.00 bits per heavy atom. The van der Waals surface area contributed by atoms with Gasteiger partial charge in [0.1, 0.15) is 0 Å². The Kier molecular flexibility index (Phi) is 3.76. The number of amides is 1. The first-order valence-electron chi connectivity index (χ1n) is 5.06. The summed E-state index contributed by atoms with van der Waals surface area (Å²) in [5.41, 5.74) is 0. The molecule has 1 rings (SSSR count). The first kappa shape index (κ1) is 11.6. The highest BCUT2D eigenvalue weighted by molar-refractivity contribution is 5.78. The number of carbonyl (C=O) groups excluding carboxylic acids is 1. The molecule has 0 fully saturated rings. The number of carbonyl (C=O) groups is 1. The fourth-order valence-electron chi connectivity index (χ4n) is 1.07. The van der Waals surface area contributed by atoms with Crippen LogP contribution in [0, 0.1) is 11.8 Å². The van der Waals surface area contributed by atoms with Gasteiger partial charge in [0, 0.05) is 5.92 Å². The zero-order valence-corrected chi connectivity index (χ0v) is 9.48. The molecule has 0 aliphatic heterocycles. The summed E-state index contributed by atoms with van der Waals surface area (Å²) >= 11 is 0. The SMILES string of the molecule is CC(NC(=O)C(C)C(C)C)c1nn[nH]n1. The molecule has 0 saturated carbocycles. The average Bonchev–Trinajstić information content (AvgIpc) is 2.68. The Balaban J connectivity index is 2.52. The van der Waals surface area contributed by atoms with Gasteiger partial charge in [0.15, 0.2) is 5.82 Å². The van der Waals surface area contributed by atoms with Crippen molar-refractivity contribution in [3.05, 3.63) is 5.82 Å². The van der Waals surface area contributed by atoms with Crippen molar-refractivity contribution in [3.8, 4) is 0 Å². The summed E-state index contributed by atoms with van der Waals surface area (Å²) in [6, 6.07) is -0.211. The maximum Gasteiger partial charge on any atom is 0.223 e. The van der Waals surface area contributed by atoms with E-state index in [1.165, 1.54) is 0 Å². The summed E-state index contributed by atoms with van der Waals surface area (Å²) in [7, 11) is 0. The third kappa shape index (κ3) is 3.00. The molecule has 2 atom stereocenters. The largest absolute Gasteiger partial charge is 0.346 e. The van der Waals surface area contributed by atoms with E-state index in [-0.39, 0.29) is 17.9 Å². The lowest BCUT2D eigenvalue weighted by atomic mass is 9.97. The van der Waals surface area contributed by atoms with Gasteiger partial charge in [-0.25, -0.2) is 0 Å². The molecule has 0 spiro atoms. The smallest absolute Gasteiger partial charge is 0.223 e. The summed E-state index contributed by atoms with van der Waals surface area (Å²) in [6.45, 7) is 7.77. The summed E-state index contributed by atoms with van der Waals surface area (Å²) < 4.78 is 0. The predicted octanol–water partition coefficient (Wildman–Crippen LogP) is 0.669. The highest BCUT2D eigenvalue weighted by Crippen LogP contribution is 2.12. The van der Waals surface area contributed by atoms with Crippen LogP contribution in [0.3, 0.4) is 0 Å². The molecule has 0 radical (unpaired) electrons. The van der Waals surface area contributed by atoms with Crippen LogP contribution in [0.2, 0.25) is 0 Å². The normalized spacial score (nSPS) is 15.0. The van der Waals surface area contributed by atoms with Crippen molar-refractivity contribution >= 4 is 5.91 Å². The van der Waals surface area contributed by atoms with E-state index in [0.29, 0.717) is 11.7 Å². The van der Waals surface area contributed by atoms with Gasteiger partial charge >= 0.3 is 0 Å². The Morgan fingerprint density at radius 1 is 1.33 bits per heavy atom. The molecule has 2 N–H and O–H groups in total. The lowest BCUT2D eigenvalue weighted by molar-refractivity contribution is -0.126. The Labute approximate surface area is 88.8 Å². The van der Waals surface area contributed by atoms with Crippen LogP contribution in [0.25, 0.3) is 0 Å². The van der Waals surface area contributed by atoms with Crippen molar-refractivity contribution in [2.45, 2.75) is 33.7 Å². The van der Waals surface area contributed by atoms with E-state index < -0.39 is 0 Å². The third-order valence-corrected chi connectivity index (χ3v) is 2.52. The fraction of sp³-hybridized carbons (Fsp3) is 0.778. The zero-order chi connectivity index (χ0) is 11.4. The van der Waals surface area contributed by atoms with E-state index in [0.717, 1.165) is 0 Å². The molecule has 2 unspecified atom stereocenters. The van der Waals surface area contributed by atoms with E-state index in [4.69, 9.17) is 0 Å². The molecule has 1 amide bonds. The topological polar surface area (TPSA) is 83.6 Å². The van der Waals surface area contributed by atoms with Crippen molar-refractivity contribution in [1.82, 2.24) is 25.9 Å². The molecule has 1 aromatic heterocycles. The van der Waals surface area contributed by atoms with Crippen molar-refractivity contribution in [3.63, 3.8) is 0 Å². The highest BCUT2D eigenvalue weighted by atomic mass is 16.1. The molecule has 6 heteroatoms. The minimum atomic E-state index is -0.211. The molecular formula is C9H17N5O. The van der Waals surface area contributed by atoms with Crippen molar-refractivity contribution in [2.75, 3.05) is 0 Å². The van der Waals surface area contributed by atoms with Gasteiger partial charge in [-0.2, -0.15) is 5.21 Å². The summed E-state index contributed by atoms with van der Waals surface area (Å²) in [5, 5.41) is 16.3. The number of hydrogen-bond donors (Lipinski definition) is 2. The summed E-state index contributed by atoms with van der Waals surface area (Å²) in [6.07, 6.45) is 0. The molecule has 84 valence electrons. The lowest BCUT2D eigenvalue weighted by Gasteiger charge is -2.17. The number of H-pyrrole nitrogens is 1. The molecule has 0 bridgehead atoms. The van der Waals surface area contributed by atoms with E-state index in [1.807, 2.05) is 27.7 Å². The van der Waals surface area contributed by atoms with Crippen LogP contribution in [0.15, 0.2) is 0 Å². The second-order valence-electron chi connectivity index (χ2n) is 4.03. The Bertz CT molecular complexity index is 308. The number of nitrogens with zero attached hydrogens (tertiary/aromatic N) is 3. The second kappa shape index (κ2) is 4.86. The number of hydrogen-bond acceptors (Lipinski definition) is 4. The van der Waals surface area contributed by atoms with Crippen molar-refractivity contribution in [1.29, 1.82) is 0 Å². The van der Waals surface area contributed by atoms with E-state index >= 15 is 0 Å². The number of rotatable bonds is 4. The van der Waals surface area contributed by atoms with Crippen LogP contribution in [0.1, 0.15) is 39.6 Å². The molecule has 0 aromatic carbocycles. The Morgan fingerprint density at radius 3 is 2.47 bits per heavy atom. The zero-order valence-electron chi connectivity index (χ0n) is 9.48. The standard InChI is InChI=1S/C9H17N5O/c1-5(2)6(3)9(15)10-7(4)8-11-13-14-12-8/h5-7H,1-4H3,(H,10,15)(H,11,12,13,14). The van der Waals surface area contributed by atoms with Gasteiger partial charge in [-0.1, -0.05) is 26.0 Å². The minimum absolute atomic E-state index is 0.0145. The summed E-state index contributed by atoms with van der Waals surface area (Å²) in [4.78, 5) is 11.7. The minimum Gasteiger partial charge on any atom is -0.346 e. The lowest BCUT2D eigenvalue weighted by Crippen LogP contribution is -2.34. The van der Waals surface area contributed by atoms with Gasteiger partial charge in [0.05, 0.1) is 6.04 Å². The van der Waals surface area contributed by atoms with Gasteiger partial charge in [0.2, 0.25) is 5.91 Å². The fourth-order valence-corrected chi connectivity index (χ4v) is 1.07. The maximum absolute atomic E-state index is 11.7. The molecule has 1 heterocycles. The van der Waals surface area contributed by atoms with Gasteiger partial charge in [-0.3, -0.25) is 4.79 Å². The Hall–Kier alpha value is -1.46. The molecule has 15 heavy (non-hydrogen) atoms. The van der Waals surface area contributed by atoms with Crippen LogP contribution >= 0.6 is 0 Å². The number of nitrogens with one attached hydrogen (secondary N) is 2. The molecule has 0 aliphatic rings. The first-order valence-corrected chi connectivity index (χ1v) is 5.06. The average molecular weight is 211 g/mol. The quantitative estimate of drug-likeness (QED) is 0.766. The molecule has 6 nitrogen and oxygen atoms in total. The summed E-state index contributed by atoms with van der Waals surface area (Å²) in [5.74, 6) is 0.823. The molecular weight excluding hydrogens is 194 g/mol. The van der Waals surface area contributed by atoms with Crippen LogP contribution in [0.4, 0.5) is 0 Å². The van der Waals surface area contributed by atoms with Crippen LogP contribution in [0.5, 0.6) is 0 Å². The van der Waals surface area contributed by atoms with Gasteiger partial charge < -0.3 is 5.32 Å². The van der Waals surface area contributed by atoms with Gasteiger partial charge in [-0.05, 0) is 12.8 Å². The van der Waals surface area contributed by atoms with E-state index in [1.54, 1.807) is 0 Å². The number of tetrazole rings is 1. The van der Waals surface area contributed by atoms with Crippen LogP contribution in [-0.4, -0.2) is 26.5 Å². The predicted molar refractivity (Wildman–Crippen MR) is 54.7 cm³/mol. The first-order chi connectivity index (χ1) is 7.02. The molecule has 1 aromatic rings. The number of aromatic amines is 1. The van der Waals surface area contributed by atoms with Crippen LogP contribution < -0.4 is 5.32 Å². The highest BCUT2D eigenvalue weighted by Gasteiger charge is 2.20. The third-order valence-electron chi connectivity index (χ3n) is 2.52. The second-order valence-corrected chi connectivity index (χ2v) is 4.03. The van der Waals surface area contributed by atoms with Gasteiger partial charge in [-0.15, -0.1) is 10.2 Å².